The third-order valence-electron chi connectivity index (χ3n) is 2.83. The van der Waals surface area contributed by atoms with Crippen LogP contribution in [-0.4, -0.2) is 11.3 Å². The monoisotopic (exact) mass is 267 g/mol. The number of hydrogen-bond donors (Lipinski definition) is 1. The molecule has 1 aliphatic rings. The Hall–Kier alpha value is -2.17. The molecule has 4 heteroatoms. The van der Waals surface area contributed by atoms with Gasteiger partial charge in [0.15, 0.2) is 5.57 Å². The Kier molecular flexibility index (Phi) is 4.28. The fraction of sp³-hybridized carbons (Fsp3) is 0.200. The number of hydrogen-bond acceptors (Lipinski definition) is 4. The van der Waals surface area contributed by atoms with Gasteiger partial charge in [0.05, 0.1) is 5.03 Å². The Balaban J connectivity index is 2.12. The van der Waals surface area contributed by atoms with E-state index in [9.17, 15) is 0 Å². The van der Waals surface area contributed by atoms with E-state index in [1.54, 1.807) is 0 Å². The van der Waals surface area contributed by atoms with E-state index in [4.69, 9.17) is 10.5 Å². The van der Waals surface area contributed by atoms with Gasteiger partial charge in [-0.1, -0.05) is 54.2 Å². The van der Waals surface area contributed by atoms with Crippen molar-refractivity contribution in [3.05, 3.63) is 52.6 Å². The summed E-state index contributed by atoms with van der Waals surface area (Å²) in [6, 6.07) is 14.1. The maximum Gasteiger partial charge on any atom is 0.159 e. The summed E-state index contributed by atoms with van der Waals surface area (Å²) in [5.41, 5.74) is 1.31. The lowest BCUT2D eigenvalue weighted by Gasteiger charge is -2.07. The highest BCUT2D eigenvalue weighted by Crippen LogP contribution is 2.33. The predicted molar refractivity (Wildman–Crippen MR) is 77.7 cm³/mol. The van der Waals surface area contributed by atoms with Gasteiger partial charge in [0.1, 0.15) is 12.1 Å². The molecule has 0 saturated carbocycles. The third kappa shape index (κ3) is 3.19. The topological polar surface area (TPSA) is 59.6 Å². The molecule has 1 saturated heterocycles. The van der Waals surface area contributed by atoms with E-state index in [1.165, 1.54) is 11.8 Å². The Morgan fingerprint density at radius 2 is 1.95 bits per heavy atom. The molecule has 0 spiro atoms. The zero-order valence-electron chi connectivity index (χ0n) is 10.5. The summed E-state index contributed by atoms with van der Waals surface area (Å²) < 4.78 is 0. The molecule has 1 N–H and O–H groups in total. The van der Waals surface area contributed by atoms with Crippen molar-refractivity contribution in [2.75, 3.05) is 0 Å². The summed E-state index contributed by atoms with van der Waals surface area (Å²) in [6.07, 6.45) is 4.17. The van der Waals surface area contributed by atoms with E-state index >= 15 is 0 Å². The molecule has 0 amide bonds. The summed E-state index contributed by atoms with van der Waals surface area (Å²) in [5.74, 6) is 0. The maximum absolute atomic E-state index is 8.87. The third-order valence-corrected chi connectivity index (χ3v) is 4.23. The Morgan fingerprint density at radius 1 is 1.26 bits per heavy atom. The van der Waals surface area contributed by atoms with Crippen molar-refractivity contribution in [2.24, 2.45) is 0 Å². The van der Waals surface area contributed by atoms with Gasteiger partial charge >= 0.3 is 0 Å². The molecule has 1 fully saturated rings. The van der Waals surface area contributed by atoms with Gasteiger partial charge in [0.25, 0.3) is 0 Å². The first-order valence-corrected chi connectivity index (χ1v) is 6.83. The lowest BCUT2D eigenvalue weighted by atomic mass is 10.1. The second kappa shape index (κ2) is 6.13. The lowest BCUT2D eigenvalue weighted by Crippen LogP contribution is -2.24. The molecule has 0 radical (unpaired) electrons. The van der Waals surface area contributed by atoms with Crippen molar-refractivity contribution >= 4 is 17.8 Å². The molecule has 1 aromatic rings. The Morgan fingerprint density at radius 3 is 2.58 bits per heavy atom. The van der Waals surface area contributed by atoms with Crippen molar-refractivity contribution in [3.63, 3.8) is 0 Å². The van der Waals surface area contributed by atoms with Crippen LogP contribution in [0.25, 0.3) is 6.08 Å². The number of nitrogens with zero attached hydrogens (tertiary/aromatic N) is 2. The van der Waals surface area contributed by atoms with Gasteiger partial charge in [0, 0.05) is 11.3 Å². The summed E-state index contributed by atoms with van der Waals surface area (Å²) in [7, 11) is 0. The highest BCUT2D eigenvalue weighted by molar-refractivity contribution is 8.04. The van der Waals surface area contributed by atoms with Crippen LogP contribution in [-0.2, 0) is 0 Å². The van der Waals surface area contributed by atoms with Gasteiger partial charge in [0.2, 0.25) is 0 Å². The van der Waals surface area contributed by atoms with Crippen molar-refractivity contribution in [1.82, 2.24) is 5.32 Å². The molecule has 94 valence electrons. The molecule has 3 nitrogen and oxygen atoms in total. The maximum atomic E-state index is 8.87. The normalized spacial score (nSPS) is 21.7. The van der Waals surface area contributed by atoms with Crippen LogP contribution in [0.3, 0.4) is 0 Å². The number of nitriles is 2. The van der Waals surface area contributed by atoms with Crippen LogP contribution < -0.4 is 5.32 Å². The van der Waals surface area contributed by atoms with Crippen LogP contribution in [0.4, 0.5) is 0 Å². The first-order valence-electron chi connectivity index (χ1n) is 5.95. The van der Waals surface area contributed by atoms with E-state index in [1.807, 2.05) is 49.4 Å². The summed E-state index contributed by atoms with van der Waals surface area (Å²) in [6.45, 7) is 2.05. The van der Waals surface area contributed by atoms with Gasteiger partial charge in [-0.25, -0.2) is 0 Å². The quantitative estimate of drug-likeness (QED) is 0.837. The molecule has 1 aliphatic heterocycles. The van der Waals surface area contributed by atoms with Crippen LogP contribution >= 0.6 is 11.8 Å². The van der Waals surface area contributed by atoms with Gasteiger partial charge in [-0.3, -0.25) is 0 Å². The van der Waals surface area contributed by atoms with Crippen LogP contribution in [0.5, 0.6) is 0 Å². The molecule has 0 bridgehead atoms. The molecule has 2 rings (SSSR count). The fourth-order valence-electron chi connectivity index (χ4n) is 1.79. The Labute approximate surface area is 117 Å². The SMILES string of the molecule is C[C@H]1NC(=C(C#N)C#N)S[C@@H]1/C=C/c1ccccc1. The molecular formula is C15H13N3S. The largest absolute Gasteiger partial charge is 0.374 e. The highest BCUT2D eigenvalue weighted by Gasteiger charge is 2.27. The molecule has 1 heterocycles. The fourth-order valence-corrected chi connectivity index (χ4v) is 2.96. The number of benzene rings is 1. The Bertz CT molecular complexity index is 574. The summed E-state index contributed by atoms with van der Waals surface area (Å²) >= 11 is 1.53. The minimum absolute atomic E-state index is 0.160. The van der Waals surface area contributed by atoms with Crippen LogP contribution in [0.2, 0.25) is 0 Å². The van der Waals surface area contributed by atoms with Crippen molar-refractivity contribution in [2.45, 2.75) is 18.2 Å². The summed E-state index contributed by atoms with van der Waals surface area (Å²) in [5, 5.41) is 21.8. The predicted octanol–water partition coefficient (Wildman–Crippen LogP) is 3.05. The van der Waals surface area contributed by atoms with E-state index in [0.717, 1.165) is 5.56 Å². The first-order chi connectivity index (χ1) is 9.24. The van der Waals surface area contributed by atoms with Crippen molar-refractivity contribution < 1.29 is 0 Å². The van der Waals surface area contributed by atoms with Crippen molar-refractivity contribution in [3.8, 4) is 12.1 Å². The summed E-state index contributed by atoms with van der Waals surface area (Å²) in [4.78, 5) is 0. The van der Waals surface area contributed by atoms with Crippen LogP contribution in [0.15, 0.2) is 47.0 Å². The molecule has 0 aliphatic carbocycles. The van der Waals surface area contributed by atoms with Gasteiger partial charge < -0.3 is 5.32 Å². The van der Waals surface area contributed by atoms with Gasteiger partial charge in [-0.15, -0.1) is 0 Å². The van der Waals surface area contributed by atoms with Crippen LogP contribution in [0.1, 0.15) is 12.5 Å². The minimum atomic E-state index is 0.160. The van der Waals surface area contributed by atoms with Crippen LogP contribution in [0, 0.1) is 22.7 Å². The zero-order chi connectivity index (χ0) is 13.7. The molecule has 0 aromatic heterocycles. The number of nitrogens with one attached hydrogen (secondary N) is 1. The number of thioether (sulfide) groups is 1. The number of allylic oxidation sites excluding steroid dienone is 1. The standard InChI is InChI=1S/C15H13N3S/c1-11-14(8-7-12-5-3-2-4-6-12)19-15(18-11)13(9-16)10-17/h2-8,11,14,18H,1H3/b8-7+/t11-,14-/m1/s1. The molecule has 1 aromatic carbocycles. The smallest absolute Gasteiger partial charge is 0.159 e. The second-order valence-corrected chi connectivity index (χ2v) is 5.40. The lowest BCUT2D eigenvalue weighted by molar-refractivity contribution is 0.679. The second-order valence-electron chi connectivity index (χ2n) is 4.21. The van der Waals surface area contributed by atoms with E-state index < -0.39 is 0 Å². The van der Waals surface area contributed by atoms with Crippen molar-refractivity contribution in [1.29, 1.82) is 10.5 Å². The van der Waals surface area contributed by atoms with E-state index in [0.29, 0.717) is 5.03 Å². The molecule has 2 atom stereocenters. The van der Waals surface area contributed by atoms with E-state index in [2.05, 4.69) is 17.5 Å². The van der Waals surface area contributed by atoms with E-state index in [-0.39, 0.29) is 16.9 Å². The highest BCUT2D eigenvalue weighted by atomic mass is 32.2. The molecule has 0 unspecified atom stereocenters. The minimum Gasteiger partial charge on any atom is -0.374 e. The van der Waals surface area contributed by atoms with Gasteiger partial charge in [-0.2, -0.15) is 10.5 Å². The average Bonchev–Trinajstić information content (AvgIpc) is 2.80. The molecule has 19 heavy (non-hydrogen) atoms. The number of rotatable bonds is 2. The van der Waals surface area contributed by atoms with Gasteiger partial charge in [-0.05, 0) is 12.5 Å². The first kappa shape index (κ1) is 13.3. The zero-order valence-corrected chi connectivity index (χ0v) is 11.3. The average molecular weight is 267 g/mol. The molecular weight excluding hydrogens is 254 g/mol.